The number of hydrogen-bond donors (Lipinski definition) is 0. The van der Waals surface area contributed by atoms with E-state index in [1.54, 1.807) is 19.4 Å². The number of hydrogen-bond acceptors (Lipinski definition) is 5. The highest BCUT2D eigenvalue weighted by atomic mass is 16.5. The highest BCUT2D eigenvalue weighted by Gasteiger charge is 2.26. The predicted molar refractivity (Wildman–Crippen MR) is 120 cm³/mol. The number of carbonyl (C=O) groups is 1. The summed E-state index contributed by atoms with van der Waals surface area (Å²) in [5.41, 5.74) is 1.74. The van der Waals surface area contributed by atoms with Gasteiger partial charge < -0.3 is 14.5 Å². The number of likely N-dealkylation sites (tertiary alicyclic amines) is 1. The standard InChI is InChI=1S/C24H34N4O2/c1-26(2)15-16-28(24(29)22-11-6-7-13-25-22)18-20-9-8-14-27(17-20)19-21-10-4-5-12-23(21)30-3/h4-7,10-13,20H,8-9,14-19H2,1-3H3. The van der Waals surface area contributed by atoms with Crippen LogP contribution in [0, 0.1) is 5.92 Å². The fourth-order valence-corrected chi connectivity index (χ4v) is 4.08. The van der Waals surface area contributed by atoms with Crippen LogP contribution in [-0.4, -0.2) is 79.5 Å². The number of pyridine rings is 1. The van der Waals surface area contributed by atoms with Crippen LogP contribution in [0.1, 0.15) is 28.9 Å². The van der Waals surface area contributed by atoms with E-state index in [4.69, 9.17) is 4.74 Å². The van der Waals surface area contributed by atoms with Gasteiger partial charge >= 0.3 is 0 Å². The van der Waals surface area contributed by atoms with E-state index in [-0.39, 0.29) is 5.91 Å². The molecule has 1 aliphatic heterocycles. The summed E-state index contributed by atoms with van der Waals surface area (Å²) in [6, 6.07) is 13.8. The van der Waals surface area contributed by atoms with Crippen molar-refractivity contribution in [3.05, 3.63) is 59.9 Å². The van der Waals surface area contributed by atoms with Crippen LogP contribution in [0.4, 0.5) is 0 Å². The van der Waals surface area contributed by atoms with Gasteiger partial charge in [-0.3, -0.25) is 14.7 Å². The maximum Gasteiger partial charge on any atom is 0.272 e. The first kappa shape index (κ1) is 22.2. The number of aromatic nitrogens is 1. The zero-order chi connectivity index (χ0) is 21.3. The smallest absolute Gasteiger partial charge is 0.272 e. The van der Waals surface area contributed by atoms with Gasteiger partial charge in [-0.05, 0) is 57.6 Å². The first-order chi connectivity index (χ1) is 14.6. The molecule has 0 aliphatic carbocycles. The molecule has 30 heavy (non-hydrogen) atoms. The van der Waals surface area contributed by atoms with Gasteiger partial charge in [-0.2, -0.15) is 0 Å². The molecule has 0 spiro atoms. The Bertz CT molecular complexity index is 797. The van der Waals surface area contributed by atoms with Gasteiger partial charge in [0.15, 0.2) is 0 Å². The molecule has 0 radical (unpaired) electrons. The summed E-state index contributed by atoms with van der Waals surface area (Å²) in [4.78, 5) is 24.0. The Balaban J connectivity index is 1.65. The first-order valence-corrected chi connectivity index (χ1v) is 10.8. The molecule has 1 fully saturated rings. The van der Waals surface area contributed by atoms with E-state index in [0.29, 0.717) is 18.2 Å². The highest BCUT2D eigenvalue weighted by molar-refractivity contribution is 5.92. The summed E-state index contributed by atoms with van der Waals surface area (Å²) in [6.45, 7) is 5.28. The molecule has 0 bridgehead atoms. The number of methoxy groups -OCH3 is 1. The van der Waals surface area contributed by atoms with Crippen LogP contribution in [0.15, 0.2) is 48.7 Å². The number of amides is 1. The van der Waals surface area contributed by atoms with E-state index in [1.807, 2.05) is 43.3 Å². The van der Waals surface area contributed by atoms with Gasteiger partial charge in [-0.1, -0.05) is 24.3 Å². The van der Waals surface area contributed by atoms with Gasteiger partial charge in [0.05, 0.1) is 7.11 Å². The molecule has 1 aliphatic rings. The Morgan fingerprint density at radius 3 is 2.70 bits per heavy atom. The van der Waals surface area contributed by atoms with Crippen LogP contribution >= 0.6 is 0 Å². The summed E-state index contributed by atoms with van der Waals surface area (Å²) < 4.78 is 5.52. The molecule has 1 unspecified atom stereocenters. The molecular formula is C24H34N4O2. The molecule has 1 aromatic carbocycles. The predicted octanol–water partition coefficient (Wildman–Crippen LogP) is 3.01. The maximum atomic E-state index is 13.1. The van der Waals surface area contributed by atoms with Crippen molar-refractivity contribution in [2.75, 3.05) is 53.9 Å². The summed E-state index contributed by atoms with van der Waals surface area (Å²) in [5.74, 6) is 1.43. The number of piperidine rings is 1. The summed E-state index contributed by atoms with van der Waals surface area (Å²) >= 11 is 0. The SMILES string of the molecule is COc1ccccc1CN1CCCC(CN(CCN(C)C)C(=O)c2ccccn2)C1. The minimum atomic E-state index is 0.0271. The van der Waals surface area contributed by atoms with Gasteiger partial charge in [0.25, 0.3) is 5.91 Å². The zero-order valence-corrected chi connectivity index (χ0v) is 18.5. The second-order valence-corrected chi connectivity index (χ2v) is 8.32. The molecule has 6 heteroatoms. The molecule has 0 N–H and O–H groups in total. The topological polar surface area (TPSA) is 48.9 Å². The number of likely N-dealkylation sites (N-methyl/N-ethyl adjacent to an activating group) is 1. The fourth-order valence-electron chi connectivity index (χ4n) is 4.08. The van der Waals surface area contributed by atoms with Gasteiger partial charge in [0, 0.05) is 44.5 Å². The van der Waals surface area contributed by atoms with E-state index in [9.17, 15) is 4.79 Å². The van der Waals surface area contributed by atoms with Crippen molar-refractivity contribution in [1.82, 2.24) is 19.7 Å². The Hall–Kier alpha value is -2.44. The number of nitrogens with zero attached hydrogens (tertiary/aromatic N) is 4. The average molecular weight is 411 g/mol. The second-order valence-electron chi connectivity index (χ2n) is 8.32. The number of para-hydroxylation sites is 1. The lowest BCUT2D eigenvalue weighted by molar-refractivity contribution is 0.0654. The molecule has 3 rings (SSSR count). The van der Waals surface area contributed by atoms with Crippen LogP contribution in [0.2, 0.25) is 0 Å². The lowest BCUT2D eigenvalue weighted by atomic mass is 9.96. The van der Waals surface area contributed by atoms with Crippen LogP contribution in [0.3, 0.4) is 0 Å². The molecule has 2 aromatic rings. The average Bonchev–Trinajstić information content (AvgIpc) is 2.77. The Morgan fingerprint density at radius 2 is 1.97 bits per heavy atom. The molecule has 1 amide bonds. The Morgan fingerprint density at radius 1 is 1.17 bits per heavy atom. The van der Waals surface area contributed by atoms with E-state index in [1.165, 1.54) is 5.56 Å². The highest BCUT2D eigenvalue weighted by Crippen LogP contribution is 2.24. The lowest BCUT2D eigenvalue weighted by Crippen LogP contribution is -2.44. The van der Waals surface area contributed by atoms with Crippen molar-refractivity contribution in [2.45, 2.75) is 19.4 Å². The third kappa shape index (κ3) is 6.28. The van der Waals surface area contributed by atoms with Crippen molar-refractivity contribution in [3.63, 3.8) is 0 Å². The van der Waals surface area contributed by atoms with Gasteiger partial charge in [-0.15, -0.1) is 0 Å². The Labute approximate surface area is 180 Å². The largest absolute Gasteiger partial charge is 0.496 e. The number of benzene rings is 1. The molecule has 162 valence electrons. The van der Waals surface area contributed by atoms with Crippen molar-refractivity contribution in [3.8, 4) is 5.75 Å². The fraction of sp³-hybridized carbons (Fsp3) is 0.500. The maximum absolute atomic E-state index is 13.1. The molecule has 1 saturated heterocycles. The van der Waals surface area contributed by atoms with Crippen LogP contribution in [0.5, 0.6) is 5.75 Å². The molecule has 1 atom stereocenters. The Kier molecular flexibility index (Phi) is 8.22. The summed E-state index contributed by atoms with van der Waals surface area (Å²) in [7, 11) is 5.81. The van der Waals surface area contributed by atoms with Crippen molar-refractivity contribution in [1.29, 1.82) is 0 Å². The van der Waals surface area contributed by atoms with Gasteiger partial charge in [0.2, 0.25) is 0 Å². The van der Waals surface area contributed by atoms with Gasteiger partial charge in [-0.25, -0.2) is 0 Å². The van der Waals surface area contributed by atoms with Crippen molar-refractivity contribution >= 4 is 5.91 Å². The molecule has 2 heterocycles. The normalized spacial score (nSPS) is 17.1. The van der Waals surface area contributed by atoms with Crippen LogP contribution < -0.4 is 4.74 Å². The van der Waals surface area contributed by atoms with E-state index >= 15 is 0 Å². The second kappa shape index (κ2) is 11.1. The molecule has 1 aromatic heterocycles. The first-order valence-electron chi connectivity index (χ1n) is 10.8. The van der Waals surface area contributed by atoms with E-state index < -0.39 is 0 Å². The molecule has 6 nitrogen and oxygen atoms in total. The minimum Gasteiger partial charge on any atom is -0.496 e. The lowest BCUT2D eigenvalue weighted by Gasteiger charge is -2.36. The quantitative estimate of drug-likeness (QED) is 0.636. The van der Waals surface area contributed by atoms with Crippen LogP contribution in [0.25, 0.3) is 0 Å². The molecule has 0 saturated carbocycles. The summed E-state index contributed by atoms with van der Waals surface area (Å²) in [5, 5.41) is 0. The van der Waals surface area contributed by atoms with E-state index in [0.717, 1.165) is 51.3 Å². The third-order valence-corrected chi connectivity index (χ3v) is 5.66. The number of carbonyl (C=O) groups excluding carboxylic acids is 1. The van der Waals surface area contributed by atoms with Crippen molar-refractivity contribution in [2.24, 2.45) is 5.92 Å². The van der Waals surface area contributed by atoms with Gasteiger partial charge in [0.1, 0.15) is 11.4 Å². The number of rotatable bonds is 9. The summed E-state index contributed by atoms with van der Waals surface area (Å²) in [6.07, 6.45) is 3.99. The minimum absolute atomic E-state index is 0.0271. The van der Waals surface area contributed by atoms with E-state index in [2.05, 4.69) is 26.9 Å². The molecular weight excluding hydrogens is 376 g/mol. The zero-order valence-electron chi connectivity index (χ0n) is 18.5. The number of ether oxygens (including phenoxy) is 1. The monoisotopic (exact) mass is 410 g/mol. The third-order valence-electron chi connectivity index (χ3n) is 5.66. The van der Waals surface area contributed by atoms with Crippen LogP contribution in [-0.2, 0) is 6.54 Å². The van der Waals surface area contributed by atoms with Crippen molar-refractivity contribution < 1.29 is 9.53 Å².